The van der Waals surface area contributed by atoms with Crippen molar-refractivity contribution in [1.82, 2.24) is 0 Å². The molecule has 6 heteroatoms. The summed E-state index contributed by atoms with van der Waals surface area (Å²) in [6.07, 6.45) is 6.41. The maximum Gasteiger partial charge on any atom is 0.306 e. The maximum atomic E-state index is 11.9. The first-order valence-corrected chi connectivity index (χ1v) is 11.4. The molecule has 0 atom stereocenters. The van der Waals surface area contributed by atoms with E-state index in [2.05, 4.69) is 0 Å². The van der Waals surface area contributed by atoms with Gasteiger partial charge in [-0.15, -0.1) is 11.6 Å². The van der Waals surface area contributed by atoms with Crippen LogP contribution < -0.4 is 4.74 Å². The van der Waals surface area contributed by atoms with E-state index in [4.69, 9.17) is 25.8 Å². The fourth-order valence-corrected chi connectivity index (χ4v) is 3.11. The quantitative estimate of drug-likeness (QED) is 0.179. The Labute approximate surface area is 189 Å². The number of benzene rings is 2. The highest BCUT2D eigenvalue weighted by Gasteiger charge is 2.10. The van der Waals surface area contributed by atoms with Gasteiger partial charge in [-0.1, -0.05) is 56.0 Å². The fraction of sp³-hybridized carbons (Fsp3) is 0.440. The number of unbranched alkanes of at least 4 members (excludes halogenated alkanes) is 5. The molecule has 0 heterocycles. The number of hydrogen-bond acceptors (Lipinski definition) is 5. The van der Waals surface area contributed by atoms with Gasteiger partial charge in [0.05, 0.1) is 19.4 Å². The Hall–Kier alpha value is -2.53. The van der Waals surface area contributed by atoms with E-state index in [1.807, 2.05) is 54.6 Å². The molecular weight excluding hydrogens is 416 g/mol. The van der Waals surface area contributed by atoms with Crippen LogP contribution in [0, 0.1) is 0 Å². The minimum absolute atomic E-state index is 0.0114. The summed E-state index contributed by atoms with van der Waals surface area (Å²) in [5.74, 6) is 1.33. The highest BCUT2D eigenvalue weighted by Crippen LogP contribution is 2.22. The van der Waals surface area contributed by atoms with Gasteiger partial charge in [-0.25, -0.2) is 0 Å². The topological polar surface area (TPSA) is 61.8 Å². The third-order valence-corrected chi connectivity index (χ3v) is 4.87. The third-order valence-electron chi connectivity index (χ3n) is 4.60. The van der Waals surface area contributed by atoms with Crippen LogP contribution in [-0.4, -0.2) is 24.4 Å². The molecule has 0 saturated carbocycles. The molecule has 0 aliphatic rings. The van der Waals surface area contributed by atoms with Crippen molar-refractivity contribution in [1.29, 1.82) is 0 Å². The number of rotatable bonds is 15. The minimum Gasteiger partial charge on any atom is -0.466 e. The van der Waals surface area contributed by atoms with Crippen molar-refractivity contribution in [2.24, 2.45) is 0 Å². The van der Waals surface area contributed by atoms with Crippen molar-refractivity contribution < 1.29 is 23.8 Å². The summed E-state index contributed by atoms with van der Waals surface area (Å²) in [4.78, 5) is 23.7. The average Bonchev–Trinajstić information content (AvgIpc) is 2.79. The molecule has 2 aromatic rings. The lowest BCUT2D eigenvalue weighted by Gasteiger charge is -2.09. The molecule has 0 aromatic heterocycles. The molecule has 0 radical (unpaired) electrons. The molecule has 0 unspecified atom stereocenters. The molecular formula is C25H31ClO5. The molecule has 0 aliphatic carbocycles. The SMILES string of the molecule is O=C(CCC(=O)OCc1cccc(Oc2ccccc2)c1)OCCCCCCCCCl. The number of halogens is 1. The first kappa shape index (κ1) is 24.7. The van der Waals surface area contributed by atoms with Crippen molar-refractivity contribution in [2.75, 3.05) is 12.5 Å². The van der Waals surface area contributed by atoms with Crippen LogP contribution in [-0.2, 0) is 25.7 Å². The van der Waals surface area contributed by atoms with Crippen LogP contribution in [0.25, 0.3) is 0 Å². The summed E-state index contributed by atoms with van der Waals surface area (Å²) < 4.78 is 16.2. The zero-order valence-electron chi connectivity index (χ0n) is 17.9. The highest BCUT2D eigenvalue weighted by atomic mass is 35.5. The van der Waals surface area contributed by atoms with Crippen molar-refractivity contribution in [3.05, 3.63) is 60.2 Å². The molecule has 5 nitrogen and oxygen atoms in total. The van der Waals surface area contributed by atoms with Gasteiger partial charge in [0.25, 0.3) is 0 Å². The predicted octanol–water partition coefficient (Wildman–Crippen LogP) is 6.42. The molecule has 31 heavy (non-hydrogen) atoms. The number of hydrogen-bond donors (Lipinski definition) is 0. The molecule has 0 fully saturated rings. The normalized spacial score (nSPS) is 10.5. The number of esters is 2. The number of carbonyl (C=O) groups excluding carboxylic acids is 2. The molecule has 0 saturated heterocycles. The van der Waals surface area contributed by atoms with Gasteiger partial charge in [-0.3, -0.25) is 9.59 Å². The standard InChI is InChI=1S/C25H31ClO5/c26-17-8-3-1-2-4-9-18-29-24(27)15-16-25(28)30-20-21-11-10-14-23(19-21)31-22-12-6-5-7-13-22/h5-7,10-14,19H,1-4,8-9,15-18,20H2. The number of carbonyl (C=O) groups is 2. The summed E-state index contributed by atoms with van der Waals surface area (Å²) in [5, 5.41) is 0. The van der Waals surface area contributed by atoms with Gasteiger partial charge in [0.1, 0.15) is 18.1 Å². The molecule has 0 aliphatic heterocycles. The monoisotopic (exact) mass is 446 g/mol. The van der Waals surface area contributed by atoms with Crippen LogP contribution in [0.2, 0.25) is 0 Å². The lowest BCUT2D eigenvalue weighted by molar-refractivity contribution is -0.151. The Kier molecular flexibility index (Phi) is 12.2. The zero-order chi connectivity index (χ0) is 22.2. The lowest BCUT2D eigenvalue weighted by atomic mass is 10.1. The van der Waals surface area contributed by atoms with Crippen molar-refractivity contribution in [2.45, 2.75) is 58.0 Å². The summed E-state index contributed by atoms with van der Waals surface area (Å²) in [7, 11) is 0. The molecule has 2 aromatic carbocycles. The zero-order valence-corrected chi connectivity index (χ0v) is 18.6. The second kappa shape index (κ2) is 15.3. The Bertz CT molecular complexity index is 778. The number of alkyl halides is 1. The predicted molar refractivity (Wildman–Crippen MR) is 121 cm³/mol. The van der Waals surface area contributed by atoms with Gasteiger partial charge < -0.3 is 14.2 Å². The second-order valence-corrected chi connectivity index (χ2v) is 7.63. The van der Waals surface area contributed by atoms with Crippen LogP contribution in [0.1, 0.15) is 56.9 Å². The largest absolute Gasteiger partial charge is 0.466 e. The van der Waals surface area contributed by atoms with Gasteiger partial charge >= 0.3 is 11.9 Å². The van der Waals surface area contributed by atoms with Gasteiger partial charge in [-0.05, 0) is 42.7 Å². The van der Waals surface area contributed by atoms with Crippen LogP contribution >= 0.6 is 11.6 Å². The summed E-state index contributed by atoms with van der Waals surface area (Å²) in [6, 6.07) is 16.8. The van der Waals surface area contributed by atoms with E-state index >= 15 is 0 Å². The molecule has 0 spiro atoms. The van der Waals surface area contributed by atoms with E-state index in [9.17, 15) is 9.59 Å². The van der Waals surface area contributed by atoms with E-state index in [0.29, 0.717) is 12.4 Å². The van der Waals surface area contributed by atoms with E-state index in [1.54, 1.807) is 0 Å². The van der Waals surface area contributed by atoms with Gasteiger partial charge in [0.15, 0.2) is 0 Å². The number of para-hydroxylation sites is 1. The number of ether oxygens (including phenoxy) is 3. The van der Waals surface area contributed by atoms with Crippen molar-refractivity contribution >= 4 is 23.5 Å². The summed E-state index contributed by atoms with van der Waals surface area (Å²) in [5.41, 5.74) is 0.815. The Morgan fingerprint density at radius 3 is 2.10 bits per heavy atom. The van der Waals surface area contributed by atoms with Gasteiger partial charge in [-0.2, -0.15) is 0 Å². The van der Waals surface area contributed by atoms with Crippen LogP contribution in [0.15, 0.2) is 54.6 Å². The first-order chi connectivity index (χ1) is 15.2. The molecule has 0 amide bonds. The maximum absolute atomic E-state index is 11.9. The molecule has 0 N–H and O–H groups in total. The van der Waals surface area contributed by atoms with Crippen LogP contribution in [0.4, 0.5) is 0 Å². The minimum atomic E-state index is -0.425. The smallest absolute Gasteiger partial charge is 0.306 e. The Morgan fingerprint density at radius 1 is 0.710 bits per heavy atom. The highest BCUT2D eigenvalue weighted by molar-refractivity contribution is 6.17. The molecule has 0 bridgehead atoms. The summed E-state index contributed by atoms with van der Waals surface area (Å²) >= 11 is 5.64. The van der Waals surface area contributed by atoms with E-state index < -0.39 is 5.97 Å². The van der Waals surface area contributed by atoms with E-state index in [1.165, 1.54) is 0 Å². The molecule has 168 valence electrons. The Morgan fingerprint density at radius 2 is 1.35 bits per heavy atom. The summed E-state index contributed by atoms with van der Waals surface area (Å²) in [6.45, 7) is 0.529. The van der Waals surface area contributed by atoms with Crippen molar-refractivity contribution in [3.63, 3.8) is 0 Å². The third kappa shape index (κ3) is 11.4. The Balaban J connectivity index is 1.57. The lowest BCUT2D eigenvalue weighted by Crippen LogP contribution is -2.11. The van der Waals surface area contributed by atoms with Crippen molar-refractivity contribution in [3.8, 4) is 11.5 Å². The van der Waals surface area contributed by atoms with E-state index in [0.717, 1.165) is 55.7 Å². The average molecular weight is 447 g/mol. The van der Waals surface area contributed by atoms with Gasteiger partial charge in [0, 0.05) is 5.88 Å². The first-order valence-electron chi connectivity index (χ1n) is 10.9. The fourth-order valence-electron chi connectivity index (χ4n) is 2.93. The van der Waals surface area contributed by atoms with E-state index in [-0.39, 0.29) is 25.4 Å². The van der Waals surface area contributed by atoms with Crippen LogP contribution in [0.3, 0.4) is 0 Å². The van der Waals surface area contributed by atoms with Gasteiger partial charge in [0.2, 0.25) is 0 Å². The second-order valence-electron chi connectivity index (χ2n) is 7.25. The molecule has 2 rings (SSSR count). The van der Waals surface area contributed by atoms with Crippen LogP contribution in [0.5, 0.6) is 11.5 Å².